The fraction of sp³-hybridized carbons (Fsp3) is 0.500. The first-order valence-electron chi connectivity index (χ1n) is 6.09. The number of hydrogen-bond donors (Lipinski definition) is 4. The topological polar surface area (TPSA) is 125 Å². The molecule has 0 spiro atoms. The number of nitrogens with two attached hydrogens (primary N) is 2. The molecule has 102 valence electrons. The van der Waals surface area contributed by atoms with Gasteiger partial charge in [-0.25, -0.2) is 0 Å². The first kappa shape index (κ1) is 13.6. The third-order valence-corrected chi connectivity index (χ3v) is 4.37. The van der Waals surface area contributed by atoms with E-state index in [0.29, 0.717) is 9.88 Å². The highest BCUT2D eigenvalue weighted by atomic mass is 32.1. The summed E-state index contributed by atoms with van der Waals surface area (Å²) in [7, 11) is 0. The van der Waals surface area contributed by atoms with Crippen molar-refractivity contribution >= 4 is 27.9 Å². The Labute approximate surface area is 115 Å². The summed E-state index contributed by atoms with van der Waals surface area (Å²) in [5.74, 6) is -0.631. The molecule has 1 aliphatic rings. The van der Waals surface area contributed by atoms with Gasteiger partial charge >= 0.3 is 0 Å². The molecule has 1 aliphatic carbocycles. The molecule has 6 N–H and O–H groups in total. The molecule has 7 heteroatoms. The van der Waals surface area contributed by atoms with Crippen LogP contribution in [0, 0.1) is 11.3 Å². The molecule has 1 saturated carbocycles. The highest BCUT2D eigenvalue weighted by Crippen LogP contribution is 2.36. The number of anilines is 2. The Bertz CT molecular complexity index is 527. The quantitative estimate of drug-likeness (QED) is 0.657. The smallest absolute Gasteiger partial charge is 0.253 e. The van der Waals surface area contributed by atoms with E-state index in [-0.39, 0.29) is 23.4 Å². The van der Waals surface area contributed by atoms with Crippen molar-refractivity contribution in [1.82, 2.24) is 0 Å². The van der Waals surface area contributed by atoms with Gasteiger partial charge in [-0.3, -0.25) is 4.79 Å². The van der Waals surface area contributed by atoms with Gasteiger partial charge in [-0.05, 0) is 25.7 Å². The third kappa shape index (κ3) is 2.80. The number of amides is 1. The molecule has 0 atom stereocenters. The lowest BCUT2D eigenvalue weighted by Crippen LogP contribution is -2.28. The lowest BCUT2D eigenvalue weighted by molar-refractivity contribution is 0.100. The third-order valence-electron chi connectivity index (χ3n) is 3.33. The largest absolute Gasteiger partial charge is 0.396 e. The number of nitrogens with one attached hydrogen (secondary N) is 1. The van der Waals surface area contributed by atoms with E-state index >= 15 is 0 Å². The van der Waals surface area contributed by atoms with Crippen molar-refractivity contribution < 1.29 is 9.90 Å². The Morgan fingerprint density at radius 1 is 1.42 bits per heavy atom. The summed E-state index contributed by atoms with van der Waals surface area (Å²) < 4.78 is 0. The predicted octanol–water partition coefficient (Wildman–Crippen LogP) is 1.02. The van der Waals surface area contributed by atoms with Crippen LogP contribution in [0.2, 0.25) is 0 Å². The number of aliphatic hydroxyl groups is 1. The van der Waals surface area contributed by atoms with Crippen molar-refractivity contribution in [2.45, 2.75) is 37.8 Å². The number of hydrogen-bond acceptors (Lipinski definition) is 6. The van der Waals surface area contributed by atoms with Gasteiger partial charge in [0.25, 0.3) is 5.91 Å². The Morgan fingerprint density at radius 3 is 2.58 bits per heavy atom. The number of primary amides is 1. The zero-order valence-electron chi connectivity index (χ0n) is 10.3. The standard InChI is InChI=1S/C12H16N4O2S/c13-5-8-10(14)9(11(15)18)12(19-8)16-6-1-3-7(17)4-2-6/h6-7,16-17H,1-4,14H2,(H2,15,18). The van der Waals surface area contributed by atoms with Crippen LogP contribution in [0.1, 0.15) is 40.9 Å². The molecule has 1 aromatic heterocycles. The lowest BCUT2D eigenvalue weighted by Gasteiger charge is -2.26. The van der Waals surface area contributed by atoms with Crippen molar-refractivity contribution in [3.63, 3.8) is 0 Å². The van der Waals surface area contributed by atoms with E-state index in [1.54, 1.807) is 0 Å². The van der Waals surface area contributed by atoms with Crippen LogP contribution in [0.3, 0.4) is 0 Å². The van der Waals surface area contributed by atoms with Crippen LogP contribution in [0.4, 0.5) is 10.7 Å². The van der Waals surface area contributed by atoms with E-state index in [9.17, 15) is 9.90 Å². The van der Waals surface area contributed by atoms with Crippen molar-refractivity contribution in [1.29, 1.82) is 5.26 Å². The lowest BCUT2D eigenvalue weighted by atomic mass is 9.93. The average Bonchev–Trinajstić information content (AvgIpc) is 2.68. The normalized spacial score (nSPS) is 22.7. The fourth-order valence-corrected chi connectivity index (χ4v) is 3.28. The second-order valence-corrected chi connectivity index (χ2v) is 5.70. The number of thiophene rings is 1. The summed E-state index contributed by atoms with van der Waals surface area (Å²) in [5, 5.41) is 22.2. The van der Waals surface area contributed by atoms with Gasteiger partial charge in [-0.2, -0.15) is 5.26 Å². The summed E-state index contributed by atoms with van der Waals surface area (Å²) in [6.07, 6.45) is 2.86. The molecule has 6 nitrogen and oxygen atoms in total. The number of carbonyl (C=O) groups is 1. The highest BCUT2D eigenvalue weighted by Gasteiger charge is 2.24. The molecule has 0 bridgehead atoms. The van der Waals surface area contributed by atoms with Gasteiger partial charge in [0.2, 0.25) is 0 Å². The number of aliphatic hydroxyl groups excluding tert-OH is 1. The molecule has 0 saturated heterocycles. The van der Waals surface area contributed by atoms with E-state index in [1.165, 1.54) is 0 Å². The van der Waals surface area contributed by atoms with Crippen LogP contribution >= 0.6 is 11.3 Å². The molecule has 0 unspecified atom stereocenters. The van der Waals surface area contributed by atoms with E-state index in [1.807, 2.05) is 6.07 Å². The van der Waals surface area contributed by atoms with Crippen LogP contribution in [0.5, 0.6) is 0 Å². The summed E-state index contributed by atoms with van der Waals surface area (Å²) in [6.45, 7) is 0. The van der Waals surface area contributed by atoms with E-state index in [4.69, 9.17) is 16.7 Å². The molecule has 0 radical (unpaired) electrons. The Kier molecular flexibility index (Phi) is 3.93. The van der Waals surface area contributed by atoms with Gasteiger partial charge in [0.15, 0.2) is 0 Å². The van der Waals surface area contributed by atoms with Crippen LogP contribution in [0.25, 0.3) is 0 Å². The monoisotopic (exact) mass is 280 g/mol. The summed E-state index contributed by atoms with van der Waals surface area (Å²) in [4.78, 5) is 11.7. The molecule has 1 amide bonds. The Morgan fingerprint density at radius 2 is 2.05 bits per heavy atom. The minimum atomic E-state index is -0.631. The van der Waals surface area contributed by atoms with Crippen LogP contribution < -0.4 is 16.8 Å². The van der Waals surface area contributed by atoms with Crippen LogP contribution in [-0.2, 0) is 0 Å². The summed E-state index contributed by atoms with van der Waals surface area (Å²) in [5.41, 5.74) is 11.4. The molecule has 1 aromatic rings. The second kappa shape index (κ2) is 5.47. The summed E-state index contributed by atoms with van der Waals surface area (Å²) in [6, 6.07) is 2.13. The van der Waals surface area contributed by atoms with Gasteiger partial charge < -0.3 is 21.9 Å². The maximum Gasteiger partial charge on any atom is 0.253 e. The summed E-state index contributed by atoms with van der Waals surface area (Å²) >= 11 is 1.15. The first-order chi connectivity index (χ1) is 9.02. The van der Waals surface area contributed by atoms with Crippen LogP contribution in [-0.4, -0.2) is 23.2 Å². The van der Waals surface area contributed by atoms with Gasteiger partial charge in [0.05, 0.1) is 17.4 Å². The molecule has 0 aromatic carbocycles. The molecular weight excluding hydrogens is 264 g/mol. The van der Waals surface area contributed by atoms with Gasteiger partial charge in [0, 0.05) is 6.04 Å². The SMILES string of the molecule is N#Cc1sc(NC2CCC(O)CC2)c(C(N)=O)c1N. The number of nitriles is 1. The van der Waals surface area contributed by atoms with Crippen molar-refractivity contribution in [2.75, 3.05) is 11.1 Å². The highest BCUT2D eigenvalue weighted by molar-refractivity contribution is 7.17. The van der Waals surface area contributed by atoms with E-state index in [2.05, 4.69) is 5.32 Å². The minimum absolute atomic E-state index is 0.151. The molecule has 2 rings (SSSR count). The zero-order valence-corrected chi connectivity index (χ0v) is 11.2. The Hall–Kier alpha value is -1.78. The van der Waals surface area contributed by atoms with Gasteiger partial charge in [-0.15, -0.1) is 11.3 Å². The number of carbonyl (C=O) groups excluding carboxylic acids is 1. The maximum atomic E-state index is 11.4. The number of rotatable bonds is 3. The fourth-order valence-electron chi connectivity index (χ4n) is 2.28. The zero-order chi connectivity index (χ0) is 14.0. The molecule has 1 heterocycles. The molecule has 0 aliphatic heterocycles. The van der Waals surface area contributed by atoms with Crippen LogP contribution in [0.15, 0.2) is 0 Å². The number of nitrogen functional groups attached to an aromatic ring is 1. The van der Waals surface area contributed by atoms with E-state index < -0.39 is 5.91 Å². The molecule has 19 heavy (non-hydrogen) atoms. The van der Waals surface area contributed by atoms with Gasteiger partial charge in [-0.1, -0.05) is 0 Å². The predicted molar refractivity (Wildman–Crippen MR) is 73.8 cm³/mol. The average molecular weight is 280 g/mol. The van der Waals surface area contributed by atoms with Crippen molar-refractivity contribution in [3.8, 4) is 6.07 Å². The Balaban J connectivity index is 2.20. The van der Waals surface area contributed by atoms with Gasteiger partial charge in [0.1, 0.15) is 15.9 Å². The molecular formula is C12H16N4O2S. The second-order valence-electron chi connectivity index (χ2n) is 4.67. The van der Waals surface area contributed by atoms with E-state index in [0.717, 1.165) is 37.0 Å². The van der Waals surface area contributed by atoms with Crippen molar-refractivity contribution in [2.24, 2.45) is 5.73 Å². The minimum Gasteiger partial charge on any atom is -0.396 e. The number of nitrogens with zero attached hydrogens (tertiary/aromatic N) is 1. The maximum absolute atomic E-state index is 11.4. The van der Waals surface area contributed by atoms with Crippen molar-refractivity contribution in [3.05, 3.63) is 10.4 Å². The molecule has 1 fully saturated rings. The first-order valence-corrected chi connectivity index (χ1v) is 6.91.